The lowest BCUT2D eigenvalue weighted by atomic mass is 10.0. The van der Waals surface area contributed by atoms with Crippen LogP contribution < -0.4 is 5.73 Å². The van der Waals surface area contributed by atoms with E-state index in [1.165, 1.54) is 6.07 Å². The Morgan fingerprint density at radius 1 is 1.50 bits per heavy atom. The lowest BCUT2D eigenvalue weighted by Crippen LogP contribution is -2.11. The Morgan fingerprint density at radius 3 is 2.69 bits per heavy atom. The Balaban J connectivity index is 2.86. The summed E-state index contributed by atoms with van der Waals surface area (Å²) in [6.45, 7) is 0. The van der Waals surface area contributed by atoms with Crippen LogP contribution in [0.2, 0.25) is 0 Å². The van der Waals surface area contributed by atoms with Gasteiger partial charge >= 0.3 is 5.97 Å². The molecule has 1 unspecified atom stereocenters. The molecule has 0 saturated carbocycles. The van der Waals surface area contributed by atoms with Crippen LogP contribution in [0, 0.1) is 0 Å². The van der Waals surface area contributed by atoms with Gasteiger partial charge in [0.15, 0.2) is 6.10 Å². The Bertz CT molecular complexity index is 381. The van der Waals surface area contributed by atoms with Crippen molar-refractivity contribution in [2.24, 2.45) is 0 Å². The largest absolute Gasteiger partial charge is 0.479 e. The standard InChI is InChI=1S/C11H14BrNO3/c12-5-1-2-7-3-4-8(6-9(7)13)10(14)11(15)16/h3-4,6,10,14H,1-2,5,13H2,(H,15,16). The van der Waals surface area contributed by atoms with Crippen LogP contribution in [0.4, 0.5) is 5.69 Å². The summed E-state index contributed by atoms with van der Waals surface area (Å²) in [6, 6.07) is 4.88. The number of nitrogen functional groups attached to an aromatic ring is 1. The molecule has 1 atom stereocenters. The summed E-state index contributed by atoms with van der Waals surface area (Å²) in [5, 5.41) is 18.9. The van der Waals surface area contributed by atoms with Crippen LogP contribution in [0.5, 0.6) is 0 Å². The average molecular weight is 288 g/mol. The normalized spacial score (nSPS) is 12.4. The quantitative estimate of drug-likeness (QED) is 0.569. The van der Waals surface area contributed by atoms with E-state index in [-0.39, 0.29) is 0 Å². The summed E-state index contributed by atoms with van der Waals surface area (Å²) in [7, 11) is 0. The maximum atomic E-state index is 10.6. The first-order valence-electron chi connectivity index (χ1n) is 4.91. The molecule has 0 bridgehead atoms. The number of hydrogen-bond acceptors (Lipinski definition) is 3. The molecule has 88 valence electrons. The molecule has 1 aromatic carbocycles. The van der Waals surface area contributed by atoms with Gasteiger partial charge in [0.2, 0.25) is 0 Å². The van der Waals surface area contributed by atoms with E-state index in [0.717, 1.165) is 23.7 Å². The maximum absolute atomic E-state index is 10.6. The van der Waals surface area contributed by atoms with Gasteiger partial charge in [-0.25, -0.2) is 4.79 Å². The highest BCUT2D eigenvalue weighted by Gasteiger charge is 2.16. The van der Waals surface area contributed by atoms with Gasteiger partial charge < -0.3 is 15.9 Å². The first-order valence-corrected chi connectivity index (χ1v) is 6.03. The Kier molecular flexibility index (Phi) is 4.76. The van der Waals surface area contributed by atoms with Gasteiger partial charge in [-0.3, -0.25) is 0 Å². The molecule has 0 saturated heterocycles. The Hall–Kier alpha value is -1.07. The first-order chi connectivity index (χ1) is 7.56. The molecule has 0 heterocycles. The molecule has 0 aliphatic heterocycles. The number of carboxylic acids is 1. The Labute approximate surface area is 102 Å². The van der Waals surface area contributed by atoms with Crippen LogP contribution in [0.15, 0.2) is 18.2 Å². The lowest BCUT2D eigenvalue weighted by molar-refractivity contribution is -0.146. The summed E-state index contributed by atoms with van der Waals surface area (Å²) in [4.78, 5) is 10.6. The highest BCUT2D eigenvalue weighted by molar-refractivity contribution is 9.09. The number of anilines is 1. The zero-order valence-electron chi connectivity index (χ0n) is 8.69. The third-order valence-corrected chi connectivity index (χ3v) is 2.86. The second kappa shape index (κ2) is 5.86. The predicted molar refractivity (Wildman–Crippen MR) is 65.6 cm³/mol. The molecule has 16 heavy (non-hydrogen) atoms. The molecule has 0 fully saturated rings. The number of nitrogens with two attached hydrogens (primary N) is 1. The minimum Gasteiger partial charge on any atom is -0.479 e. The molecule has 0 amide bonds. The summed E-state index contributed by atoms with van der Waals surface area (Å²) in [5.41, 5.74) is 7.59. The smallest absolute Gasteiger partial charge is 0.337 e. The predicted octanol–water partition coefficient (Wildman–Crippen LogP) is 1.71. The molecule has 1 rings (SSSR count). The van der Waals surface area contributed by atoms with Crippen LogP contribution in [-0.2, 0) is 11.2 Å². The molecule has 0 aromatic heterocycles. The molecule has 0 aliphatic rings. The van der Waals surface area contributed by atoms with Crippen molar-refractivity contribution in [3.05, 3.63) is 29.3 Å². The number of aliphatic hydroxyl groups is 1. The molecule has 4 N–H and O–H groups in total. The van der Waals surface area contributed by atoms with Crippen LogP contribution >= 0.6 is 15.9 Å². The molecule has 5 heteroatoms. The first kappa shape index (κ1) is 13.0. The average Bonchev–Trinajstić information content (AvgIpc) is 2.26. The number of aliphatic hydroxyl groups excluding tert-OH is 1. The van der Waals surface area contributed by atoms with Crippen LogP contribution in [-0.4, -0.2) is 21.5 Å². The SMILES string of the molecule is Nc1cc(C(O)C(=O)O)ccc1CCCBr. The fraction of sp³-hybridized carbons (Fsp3) is 0.364. The zero-order chi connectivity index (χ0) is 12.1. The molecule has 1 aromatic rings. The van der Waals surface area contributed by atoms with Crippen molar-refractivity contribution >= 4 is 27.6 Å². The molecular formula is C11H14BrNO3. The van der Waals surface area contributed by atoms with Crippen LogP contribution in [0.25, 0.3) is 0 Å². The van der Waals surface area contributed by atoms with E-state index in [0.29, 0.717) is 11.3 Å². The highest BCUT2D eigenvalue weighted by Crippen LogP contribution is 2.21. The summed E-state index contributed by atoms with van der Waals surface area (Å²) in [5.74, 6) is -1.27. The van der Waals surface area contributed by atoms with Crippen LogP contribution in [0.3, 0.4) is 0 Å². The second-order valence-electron chi connectivity index (χ2n) is 3.49. The van der Waals surface area contributed by atoms with Crippen molar-refractivity contribution in [3.63, 3.8) is 0 Å². The molecule has 0 spiro atoms. The number of halogens is 1. The lowest BCUT2D eigenvalue weighted by Gasteiger charge is -2.10. The van der Waals surface area contributed by atoms with Crippen molar-refractivity contribution in [3.8, 4) is 0 Å². The van der Waals surface area contributed by atoms with Gasteiger partial charge in [-0.15, -0.1) is 0 Å². The third kappa shape index (κ3) is 3.21. The van der Waals surface area contributed by atoms with E-state index in [4.69, 9.17) is 10.8 Å². The number of carbonyl (C=O) groups is 1. The van der Waals surface area contributed by atoms with Crippen molar-refractivity contribution in [1.82, 2.24) is 0 Å². The number of benzene rings is 1. The van der Waals surface area contributed by atoms with E-state index in [1.54, 1.807) is 12.1 Å². The van der Waals surface area contributed by atoms with Crippen molar-refractivity contribution in [2.75, 3.05) is 11.1 Å². The van der Waals surface area contributed by atoms with Gasteiger partial charge in [-0.1, -0.05) is 28.1 Å². The van der Waals surface area contributed by atoms with Crippen LogP contribution in [0.1, 0.15) is 23.7 Å². The van der Waals surface area contributed by atoms with Crippen molar-refractivity contribution in [1.29, 1.82) is 0 Å². The molecular weight excluding hydrogens is 274 g/mol. The number of aliphatic carboxylic acids is 1. The number of hydrogen-bond donors (Lipinski definition) is 3. The highest BCUT2D eigenvalue weighted by atomic mass is 79.9. The topological polar surface area (TPSA) is 83.5 Å². The van der Waals surface area contributed by atoms with E-state index >= 15 is 0 Å². The molecule has 4 nitrogen and oxygen atoms in total. The zero-order valence-corrected chi connectivity index (χ0v) is 10.3. The minimum atomic E-state index is -1.51. The van der Waals surface area contributed by atoms with Gasteiger partial charge in [0.1, 0.15) is 0 Å². The third-order valence-electron chi connectivity index (χ3n) is 2.30. The molecule has 0 aliphatic carbocycles. The minimum absolute atomic E-state index is 0.313. The van der Waals surface area contributed by atoms with Gasteiger partial charge in [-0.2, -0.15) is 0 Å². The number of carboxylic acid groups (broad SMARTS) is 1. The van der Waals surface area contributed by atoms with Gasteiger partial charge in [0.25, 0.3) is 0 Å². The van der Waals surface area contributed by atoms with Crippen molar-refractivity contribution < 1.29 is 15.0 Å². The molecule has 0 radical (unpaired) electrons. The van der Waals surface area contributed by atoms with Gasteiger partial charge in [0, 0.05) is 11.0 Å². The summed E-state index contributed by atoms with van der Waals surface area (Å²) in [6.07, 6.45) is 0.290. The second-order valence-corrected chi connectivity index (χ2v) is 4.28. The fourth-order valence-electron chi connectivity index (χ4n) is 1.41. The van der Waals surface area contributed by atoms with E-state index in [2.05, 4.69) is 15.9 Å². The fourth-order valence-corrected chi connectivity index (χ4v) is 1.69. The summed E-state index contributed by atoms with van der Waals surface area (Å²) >= 11 is 3.33. The van der Waals surface area contributed by atoms with Crippen molar-refractivity contribution in [2.45, 2.75) is 18.9 Å². The van der Waals surface area contributed by atoms with Gasteiger partial charge in [-0.05, 0) is 30.0 Å². The van der Waals surface area contributed by atoms with Gasteiger partial charge in [0.05, 0.1) is 0 Å². The van der Waals surface area contributed by atoms with E-state index < -0.39 is 12.1 Å². The monoisotopic (exact) mass is 287 g/mol. The number of aryl methyl sites for hydroxylation is 1. The summed E-state index contributed by atoms with van der Waals surface area (Å²) < 4.78 is 0. The van der Waals surface area contributed by atoms with E-state index in [9.17, 15) is 9.90 Å². The number of alkyl halides is 1. The number of rotatable bonds is 5. The Morgan fingerprint density at radius 2 is 2.19 bits per heavy atom. The maximum Gasteiger partial charge on any atom is 0.337 e. The van der Waals surface area contributed by atoms with E-state index in [1.807, 2.05) is 0 Å².